The molecule has 0 bridgehead atoms. The van der Waals surface area contributed by atoms with E-state index in [1.807, 2.05) is 0 Å². The van der Waals surface area contributed by atoms with Gasteiger partial charge in [-0.3, -0.25) is 4.90 Å². The summed E-state index contributed by atoms with van der Waals surface area (Å²) < 4.78 is 0. The van der Waals surface area contributed by atoms with Crippen molar-refractivity contribution in [2.24, 2.45) is 0 Å². The summed E-state index contributed by atoms with van der Waals surface area (Å²) in [4.78, 5) is 2.62. The van der Waals surface area contributed by atoms with Crippen LogP contribution in [0.2, 0.25) is 0 Å². The number of nitrogens with zero attached hydrogens (tertiary/aromatic N) is 1. The van der Waals surface area contributed by atoms with Gasteiger partial charge in [0.25, 0.3) is 0 Å². The van der Waals surface area contributed by atoms with Gasteiger partial charge in [-0.05, 0) is 18.5 Å². The highest BCUT2D eigenvalue weighted by atomic mass is 15.2. The number of unbranched alkanes of at least 4 members (excludes halogenated alkanes) is 1. The van der Waals surface area contributed by atoms with Crippen LogP contribution in [0, 0.1) is 0 Å². The fourth-order valence-corrected chi connectivity index (χ4v) is 2.38. The molecule has 88 valence electrons. The molecule has 16 heavy (non-hydrogen) atoms. The van der Waals surface area contributed by atoms with Gasteiger partial charge in [-0.15, -0.1) is 0 Å². The van der Waals surface area contributed by atoms with Crippen LogP contribution in [0.4, 0.5) is 0 Å². The Hall–Kier alpha value is -0.860. The fraction of sp³-hybridized carbons (Fsp3) is 0.571. The molecule has 1 heterocycles. The average molecular weight is 218 g/mol. The summed E-state index contributed by atoms with van der Waals surface area (Å²) in [7, 11) is 0. The van der Waals surface area contributed by atoms with E-state index in [-0.39, 0.29) is 0 Å². The lowest BCUT2D eigenvalue weighted by molar-refractivity contribution is 0.160. The Kier molecular flexibility index (Phi) is 4.37. The maximum atomic E-state index is 3.50. The molecule has 1 aliphatic rings. The first-order chi connectivity index (χ1) is 7.92. The Morgan fingerprint density at radius 2 is 2.12 bits per heavy atom. The molecule has 1 fully saturated rings. The molecule has 2 nitrogen and oxygen atoms in total. The van der Waals surface area contributed by atoms with Gasteiger partial charge in [-0.2, -0.15) is 0 Å². The van der Waals surface area contributed by atoms with Crippen molar-refractivity contribution >= 4 is 0 Å². The van der Waals surface area contributed by atoms with E-state index in [1.54, 1.807) is 0 Å². The van der Waals surface area contributed by atoms with Crippen molar-refractivity contribution in [3.05, 3.63) is 35.9 Å². The molecule has 1 saturated heterocycles. The monoisotopic (exact) mass is 218 g/mol. The van der Waals surface area contributed by atoms with Crippen LogP contribution in [-0.4, -0.2) is 31.1 Å². The highest BCUT2D eigenvalue weighted by Gasteiger charge is 2.22. The molecular formula is C14H22N2. The maximum Gasteiger partial charge on any atom is 0.0473 e. The van der Waals surface area contributed by atoms with E-state index in [2.05, 4.69) is 47.5 Å². The molecule has 1 N–H and O–H groups in total. The van der Waals surface area contributed by atoms with E-state index in [4.69, 9.17) is 0 Å². The number of piperazine rings is 1. The van der Waals surface area contributed by atoms with E-state index in [0.717, 1.165) is 13.1 Å². The molecule has 1 atom stereocenters. The summed E-state index contributed by atoms with van der Waals surface area (Å²) in [5.41, 5.74) is 1.45. The number of hydrogen-bond donors (Lipinski definition) is 1. The zero-order valence-corrected chi connectivity index (χ0v) is 10.2. The molecular weight excluding hydrogens is 196 g/mol. The third-order valence-electron chi connectivity index (χ3n) is 3.34. The van der Waals surface area contributed by atoms with Crippen LogP contribution < -0.4 is 5.32 Å². The van der Waals surface area contributed by atoms with Gasteiger partial charge < -0.3 is 5.32 Å². The molecule has 1 aromatic carbocycles. The SMILES string of the molecule is CCCCN1CCNC[C@@H]1c1ccccc1. The lowest BCUT2D eigenvalue weighted by Gasteiger charge is -2.36. The second-order valence-electron chi connectivity index (χ2n) is 4.52. The molecule has 1 aromatic rings. The average Bonchev–Trinajstić information content (AvgIpc) is 2.38. The minimum atomic E-state index is 0.571. The maximum absolute atomic E-state index is 3.50. The van der Waals surface area contributed by atoms with E-state index in [1.165, 1.54) is 31.5 Å². The summed E-state index contributed by atoms with van der Waals surface area (Å²) in [6.45, 7) is 6.90. The minimum Gasteiger partial charge on any atom is -0.314 e. The molecule has 0 aromatic heterocycles. The second-order valence-corrected chi connectivity index (χ2v) is 4.52. The van der Waals surface area contributed by atoms with E-state index in [0.29, 0.717) is 6.04 Å². The third-order valence-corrected chi connectivity index (χ3v) is 3.34. The van der Waals surface area contributed by atoms with Crippen LogP contribution in [0.5, 0.6) is 0 Å². The first-order valence-corrected chi connectivity index (χ1v) is 6.41. The lowest BCUT2D eigenvalue weighted by atomic mass is 10.0. The van der Waals surface area contributed by atoms with Crippen LogP contribution in [0.15, 0.2) is 30.3 Å². The smallest absolute Gasteiger partial charge is 0.0473 e. The molecule has 0 spiro atoms. The van der Waals surface area contributed by atoms with Gasteiger partial charge in [-0.25, -0.2) is 0 Å². The van der Waals surface area contributed by atoms with Gasteiger partial charge in [0, 0.05) is 25.7 Å². The van der Waals surface area contributed by atoms with Crippen LogP contribution in [-0.2, 0) is 0 Å². The van der Waals surface area contributed by atoms with E-state index in [9.17, 15) is 0 Å². The number of rotatable bonds is 4. The highest BCUT2D eigenvalue weighted by molar-refractivity contribution is 5.20. The largest absolute Gasteiger partial charge is 0.314 e. The lowest BCUT2D eigenvalue weighted by Crippen LogP contribution is -2.46. The molecule has 2 heteroatoms. The molecule has 0 saturated carbocycles. The van der Waals surface area contributed by atoms with Crippen molar-refractivity contribution in [3.8, 4) is 0 Å². The number of nitrogens with one attached hydrogen (secondary N) is 1. The Balaban J connectivity index is 2.04. The number of hydrogen-bond acceptors (Lipinski definition) is 2. The van der Waals surface area contributed by atoms with Crippen molar-refractivity contribution in [1.82, 2.24) is 10.2 Å². The highest BCUT2D eigenvalue weighted by Crippen LogP contribution is 2.22. The van der Waals surface area contributed by atoms with Gasteiger partial charge in [0.2, 0.25) is 0 Å². The Morgan fingerprint density at radius 1 is 1.31 bits per heavy atom. The minimum absolute atomic E-state index is 0.571. The first kappa shape index (κ1) is 11.6. The van der Waals surface area contributed by atoms with Gasteiger partial charge in [0.15, 0.2) is 0 Å². The van der Waals surface area contributed by atoms with Gasteiger partial charge >= 0.3 is 0 Å². The summed E-state index contributed by atoms with van der Waals surface area (Å²) in [6.07, 6.45) is 2.59. The Labute approximate surface area is 98.7 Å². The van der Waals surface area contributed by atoms with Crippen LogP contribution >= 0.6 is 0 Å². The molecule has 0 amide bonds. The summed E-state index contributed by atoms with van der Waals surface area (Å²) in [5, 5.41) is 3.50. The zero-order chi connectivity index (χ0) is 11.2. The van der Waals surface area contributed by atoms with Gasteiger partial charge in [-0.1, -0.05) is 43.7 Å². The predicted molar refractivity (Wildman–Crippen MR) is 68.5 cm³/mol. The zero-order valence-electron chi connectivity index (χ0n) is 10.2. The molecule has 2 rings (SSSR count). The predicted octanol–water partition coefficient (Wildman–Crippen LogP) is 2.43. The molecule has 0 aliphatic carbocycles. The van der Waals surface area contributed by atoms with Crippen molar-refractivity contribution < 1.29 is 0 Å². The number of benzene rings is 1. The Bertz CT molecular complexity index is 297. The molecule has 0 radical (unpaired) electrons. The van der Waals surface area contributed by atoms with Crippen molar-refractivity contribution in [1.29, 1.82) is 0 Å². The topological polar surface area (TPSA) is 15.3 Å². The normalized spacial score (nSPS) is 22.2. The molecule has 1 aliphatic heterocycles. The summed E-state index contributed by atoms with van der Waals surface area (Å²) >= 11 is 0. The van der Waals surface area contributed by atoms with Crippen LogP contribution in [0.1, 0.15) is 31.4 Å². The van der Waals surface area contributed by atoms with E-state index >= 15 is 0 Å². The fourth-order valence-electron chi connectivity index (χ4n) is 2.38. The first-order valence-electron chi connectivity index (χ1n) is 6.41. The van der Waals surface area contributed by atoms with Gasteiger partial charge in [0.1, 0.15) is 0 Å². The van der Waals surface area contributed by atoms with Crippen LogP contribution in [0.3, 0.4) is 0 Å². The summed E-state index contributed by atoms with van der Waals surface area (Å²) in [5.74, 6) is 0. The summed E-state index contributed by atoms with van der Waals surface area (Å²) in [6, 6.07) is 11.4. The standard InChI is InChI=1S/C14H22N2/c1-2-3-10-16-11-9-15-12-14(16)13-7-5-4-6-8-13/h4-8,14-15H,2-3,9-12H2,1H3/t14-/m1/s1. The van der Waals surface area contributed by atoms with Crippen molar-refractivity contribution in [2.45, 2.75) is 25.8 Å². The third kappa shape index (κ3) is 2.83. The van der Waals surface area contributed by atoms with Crippen LogP contribution in [0.25, 0.3) is 0 Å². The molecule has 0 unspecified atom stereocenters. The quantitative estimate of drug-likeness (QED) is 0.835. The Morgan fingerprint density at radius 3 is 2.88 bits per heavy atom. The van der Waals surface area contributed by atoms with Gasteiger partial charge in [0.05, 0.1) is 0 Å². The van der Waals surface area contributed by atoms with E-state index < -0.39 is 0 Å². The second kappa shape index (κ2) is 6.02. The van der Waals surface area contributed by atoms with Crippen molar-refractivity contribution in [3.63, 3.8) is 0 Å². The van der Waals surface area contributed by atoms with Crippen molar-refractivity contribution in [2.75, 3.05) is 26.2 Å².